The smallest absolute Gasteiger partial charge is 0.185 e. The molecule has 1 aliphatic heterocycles. The van der Waals surface area contributed by atoms with E-state index in [1.807, 2.05) is 0 Å². The second kappa shape index (κ2) is 3.96. The molecule has 0 aromatic heterocycles. The molecule has 0 aliphatic carbocycles. The minimum Gasteiger partial charge on any atom is -0.376 e. The summed E-state index contributed by atoms with van der Waals surface area (Å²) in [6.07, 6.45) is 1.39. The van der Waals surface area contributed by atoms with E-state index < -0.39 is 0 Å². The molecule has 0 aromatic carbocycles. The number of nitrogens with zero attached hydrogens (tertiary/aromatic N) is 1. The first-order valence-electron chi connectivity index (χ1n) is 3.83. The molecule has 3 nitrogen and oxygen atoms in total. The first-order valence-corrected chi connectivity index (χ1v) is 3.83. The molecule has 1 rings (SSSR count). The maximum absolute atomic E-state index is 5.48. The molecule has 1 saturated heterocycles. The predicted octanol–water partition coefficient (Wildman–Crippen LogP) is -1.42. The lowest BCUT2D eigenvalue weighted by Crippen LogP contribution is -2.34. The number of ether oxygens (including phenoxy) is 1. The highest BCUT2D eigenvalue weighted by atomic mass is 16.5. The summed E-state index contributed by atoms with van der Waals surface area (Å²) in [7, 11) is 2.11. The van der Waals surface area contributed by atoms with Crippen molar-refractivity contribution in [1.82, 2.24) is 4.81 Å². The van der Waals surface area contributed by atoms with Gasteiger partial charge in [-0.05, 0) is 13.0 Å². The summed E-state index contributed by atoms with van der Waals surface area (Å²) >= 11 is 0. The Morgan fingerprint density at radius 1 is 1.70 bits per heavy atom. The third-order valence-corrected chi connectivity index (χ3v) is 1.82. The predicted molar refractivity (Wildman–Crippen MR) is 43.5 cm³/mol. The van der Waals surface area contributed by atoms with E-state index in [9.17, 15) is 0 Å². The van der Waals surface area contributed by atoms with Crippen LogP contribution in [-0.2, 0) is 4.74 Å². The van der Waals surface area contributed by atoms with Crippen LogP contribution in [0.2, 0.25) is 0 Å². The van der Waals surface area contributed by atoms with Gasteiger partial charge in [-0.25, -0.2) is 0 Å². The van der Waals surface area contributed by atoms with Gasteiger partial charge in [0.2, 0.25) is 0 Å². The van der Waals surface area contributed by atoms with Crippen LogP contribution in [0.3, 0.4) is 0 Å². The Bertz CT molecular complexity index is 102. The van der Waals surface area contributed by atoms with Gasteiger partial charge in [0.15, 0.2) is 7.98 Å². The summed E-state index contributed by atoms with van der Waals surface area (Å²) in [5.74, 6) is 0. The maximum Gasteiger partial charge on any atom is 0.185 e. The first kappa shape index (κ1) is 8.05. The summed E-state index contributed by atoms with van der Waals surface area (Å²) in [6.45, 7) is 3.63. The zero-order valence-corrected chi connectivity index (χ0v) is 6.55. The first-order chi connectivity index (χ1) is 4.83. The lowest BCUT2D eigenvalue weighted by molar-refractivity contribution is 0.0681. The van der Waals surface area contributed by atoms with E-state index in [2.05, 4.69) is 12.8 Å². The molecule has 1 fully saturated rings. The van der Waals surface area contributed by atoms with Gasteiger partial charge in [0.1, 0.15) is 0 Å². The molecule has 1 aliphatic rings. The van der Waals surface area contributed by atoms with Gasteiger partial charge in [-0.1, -0.05) is 0 Å². The van der Waals surface area contributed by atoms with Crippen LogP contribution in [0.25, 0.3) is 0 Å². The Hall–Kier alpha value is -0.0551. The fourth-order valence-electron chi connectivity index (χ4n) is 1.22. The van der Waals surface area contributed by atoms with Gasteiger partial charge < -0.3 is 15.3 Å². The summed E-state index contributed by atoms with van der Waals surface area (Å²) in [6, 6.07) is 0. The van der Waals surface area contributed by atoms with Crippen molar-refractivity contribution >= 4 is 7.98 Å². The molecule has 1 atom stereocenters. The van der Waals surface area contributed by atoms with Crippen molar-refractivity contribution < 1.29 is 4.74 Å². The molecule has 0 spiro atoms. The van der Waals surface area contributed by atoms with E-state index in [-0.39, 0.29) is 6.10 Å². The zero-order chi connectivity index (χ0) is 7.40. The highest BCUT2D eigenvalue weighted by Crippen LogP contribution is 2.01. The van der Waals surface area contributed by atoms with Gasteiger partial charge in [0.25, 0.3) is 0 Å². The van der Waals surface area contributed by atoms with Crippen LogP contribution in [-0.4, -0.2) is 45.1 Å². The topological polar surface area (TPSA) is 38.5 Å². The molecular formula is C6H15BN2O. The van der Waals surface area contributed by atoms with Gasteiger partial charge in [-0.15, -0.1) is 0 Å². The average Bonchev–Trinajstić information content (AvgIpc) is 2.13. The molecule has 0 radical (unpaired) electrons. The summed E-state index contributed by atoms with van der Waals surface area (Å²) in [5.41, 5.74) is 5.48. The zero-order valence-electron chi connectivity index (χ0n) is 6.55. The van der Waals surface area contributed by atoms with Crippen LogP contribution >= 0.6 is 0 Å². The molecule has 0 bridgehead atoms. The van der Waals surface area contributed by atoms with Gasteiger partial charge in [0, 0.05) is 19.7 Å². The van der Waals surface area contributed by atoms with Crippen molar-refractivity contribution in [3.05, 3.63) is 0 Å². The summed E-state index contributed by atoms with van der Waals surface area (Å²) < 4.78 is 5.46. The number of hydrogen-bond donors (Lipinski definition) is 1. The van der Waals surface area contributed by atoms with Gasteiger partial charge in [-0.2, -0.15) is 0 Å². The minimum absolute atomic E-state index is 0.257. The summed E-state index contributed by atoms with van der Waals surface area (Å²) in [4.78, 5) is 2.27. The average molecular weight is 142 g/mol. The van der Waals surface area contributed by atoms with Crippen LogP contribution < -0.4 is 5.73 Å². The van der Waals surface area contributed by atoms with E-state index in [1.54, 1.807) is 0 Å². The molecule has 58 valence electrons. The number of hydrogen-bond acceptors (Lipinski definition) is 3. The Kier molecular flexibility index (Phi) is 3.18. The minimum atomic E-state index is 0.257. The van der Waals surface area contributed by atoms with E-state index in [0.717, 1.165) is 26.1 Å². The molecule has 10 heavy (non-hydrogen) atoms. The second-order valence-electron chi connectivity index (χ2n) is 2.84. The van der Waals surface area contributed by atoms with Gasteiger partial charge >= 0.3 is 0 Å². The third-order valence-electron chi connectivity index (χ3n) is 1.82. The molecular weight excluding hydrogens is 127 g/mol. The Labute approximate surface area is 62.9 Å². The SMILES string of the molecule is BN1CCCOC(CN)C1. The van der Waals surface area contributed by atoms with Crippen molar-refractivity contribution in [3.63, 3.8) is 0 Å². The van der Waals surface area contributed by atoms with Crippen molar-refractivity contribution in [2.75, 3.05) is 26.2 Å². The highest BCUT2D eigenvalue weighted by Gasteiger charge is 2.13. The van der Waals surface area contributed by atoms with E-state index in [1.165, 1.54) is 0 Å². The van der Waals surface area contributed by atoms with Crippen LogP contribution in [0.1, 0.15) is 6.42 Å². The van der Waals surface area contributed by atoms with E-state index >= 15 is 0 Å². The third kappa shape index (κ3) is 2.29. The van der Waals surface area contributed by atoms with E-state index in [0.29, 0.717) is 6.54 Å². The largest absolute Gasteiger partial charge is 0.376 e. The fraction of sp³-hybridized carbons (Fsp3) is 1.00. The second-order valence-corrected chi connectivity index (χ2v) is 2.84. The molecule has 0 aromatic rings. The molecule has 1 heterocycles. The molecule has 0 amide bonds. The van der Waals surface area contributed by atoms with Crippen LogP contribution in [0.15, 0.2) is 0 Å². The monoisotopic (exact) mass is 142 g/mol. The normalized spacial score (nSPS) is 29.9. The Morgan fingerprint density at radius 2 is 2.50 bits per heavy atom. The number of rotatable bonds is 1. The van der Waals surface area contributed by atoms with Crippen molar-refractivity contribution in [2.45, 2.75) is 12.5 Å². The molecule has 0 saturated carbocycles. The Morgan fingerprint density at radius 3 is 3.20 bits per heavy atom. The van der Waals surface area contributed by atoms with Crippen LogP contribution in [0, 0.1) is 0 Å². The van der Waals surface area contributed by atoms with Gasteiger partial charge in [-0.3, -0.25) is 0 Å². The fourth-order valence-corrected chi connectivity index (χ4v) is 1.22. The van der Waals surface area contributed by atoms with Crippen molar-refractivity contribution in [1.29, 1.82) is 0 Å². The standard InChI is InChI=1S/C6H15BN2O/c7-9-2-1-3-10-6(4-8)5-9/h6H,1-5,7-8H2. The van der Waals surface area contributed by atoms with Crippen LogP contribution in [0.5, 0.6) is 0 Å². The lowest BCUT2D eigenvalue weighted by Gasteiger charge is -2.17. The molecule has 4 heteroatoms. The van der Waals surface area contributed by atoms with E-state index in [4.69, 9.17) is 10.5 Å². The number of nitrogens with two attached hydrogens (primary N) is 1. The Balaban J connectivity index is 2.30. The maximum atomic E-state index is 5.48. The highest BCUT2D eigenvalue weighted by molar-refractivity contribution is 6.04. The van der Waals surface area contributed by atoms with Crippen LogP contribution in [0.4, 0.5) is 0 Å². The molecule has 1 unspecified atom stereocenters. The summed E-state index contributed by atoms with van der Waals surface area (Å²) in [5, 5.41) is 0. The van der Waals surface area contributed by atoms with Crippen molar-refractivity contribution in [3.8, 4) is 0 Å². The quantitative estimate of drug-likeness (QED) is 0.457. The van der Waals surface area contributed by atoms with Gasteiger partial charge in [0.05, 0.1) is 6.10 Å². The molecule has 2 N–H and O–H groups in total. The van der Waals surface area contributed by atoms with Crippen molar-refractivity contribution in [2.24, 2.45) is 5.73 Å². The lowest BCUT2D eigenvalue weighted by atomic mass is 10.2.